The molecule has 180 valence electrons. The molecule has 0 aliphatic carbocycles. The van der Waals surface area contributed by atoms with Crippen LogP contribution in [-0.2, 0) is 19.1 Å². The van der Waals surface area contributed by atoms with E-state index in [-0.39, 0.29) is 43.3 Å². The molecule has 0 amide bonds. The predicted molar refractivity (Wildman–Crippen MR) is 121 cm³/mol. The lowest BCUT2D eigenvalue weighted by atomic mass is 10.1. The summed E-state index contributed by atoms with van der Waals surface area (Å²) in [4.78, 5) is 53.4. The van der Waals surface area contributed by atoms with E-state index in [4.69, 9.17) is 19.7 Å². The topological polar surface area (TPSA) is 149 Å². The van der Waals surface area contributed by atoms with Crippen LogP contribution in [-0.4, -0.2) is 66.0 Å². The first kappa shape index (κ1) is 26.7. The molecule has 2 aromatic rings. The minimum Gasteiger partial charge on any atom is -0.460 e. The van der Waals surface area contributed by atoms with Gasteiger partial charge in [0.15, 0.2) is 0 Å². The molecular formula is C23H23NO9S. The van der Waals surface area contributed by atoms with Gasteiger partial charge in [0.25, 0.3) is 0 Å². The Morgan fingerprint density at radius 3 is 2.03 bits per heavy atom. The summed E-state index contributed by atoms with van der Waals surface area (Å²) in [5.41, 5.74) is 0.508. The first-order chi connectivity index (χ1) is 16.3. The number of oxime groups is 1. The summed E-state index contributed by atoms with van der Waals surface area (Å²) in [7, 11) is 0. The molecule has 0 radical (unpaired) electrons. The highest BCUT2D eigenvalue weighted by atomic mass is 32.2. The Hall–Kier alpha value is -3.54. The van der Waals surface area contributed by atoms with Crippen LogP contribution in [0.1, 0.15) is 44.9 Å². The van der Waals surface area contributed by atoms with E-state index in [0.717, 1.165) is 0 Å². The lowest BCUT2D eigenvalue weighted by Crippen LogP contribution is -2.13. The number of ether oxygens (including phenoxy) is 2. The number of ketones is 1. The number of Topliss-reactive ketones (excluding diaryl/α,β-unsaturated/α-hetero) is 1. The van der Waals surface area contributed by atoms with E-state index in [1.807, 2.05) is 0 Å². The van der Waals surface area contributed by atoms with Crippen LogP contribution in [0.4, 0.5) is 0 Å². The van der Waals surface area contributed by atoms with E-state index in [9.17, 15) is 19.2 Å². The number of aliphatic hydroxyl groups excluding tert-OH is 2. The van der Waals surface area contributed by atoms with Gasteiger partial charge in [0.2, 0.25) is 5.78 Å². The summed E-state index contributed by atoms with van der Waals surface area (Å²) >= 11 is 1.19. The fraction of sp³-hybridized carbons (Fsp3) is 0.261. The van der Waals surface area contributed by atoms with Crippen LogP contribution >= 0.6 is 11.8 Å². The van der Waals surface area contributed by atoms with E-state index in [1.165, 1.54) is 37.7 Å². The van der Waals surface area contributed by atoms with Crippen LogP contribution in [0.15, 0.2) is 57.4 Å². The molecule has 0 unspecified atom stereocenters. The van der Waals surface area contributed by atoms with Gasteiger partial charge in [-0.3, -0.25) is 4.79 Å². The molecular weight excluding hydrogens is 466 g/mol. The second-order valence-corrected chi connectivity index (χ2v) is 7.76. The first-order valence-electron chi connectivity index (χ1n) is 10.0. The highest BCUT2D eigenvalue weighted by Crippen LogP contribution is 2.32. The Morgan fingerprint density at radius 2 is 1.44 bits per heavy atom. The predicted octanol–water partition coefficient (Wildman–Crippen LogP) is 2.26. The SMILES string of the molecule is CC(=O)O/N=C(\C)C(=O)c1ccc(Sc2ccc(C(=O)OCCO)cc2C(=O)OCCO)cc1. The fourth-order valence-electron chi connectivity index (χ4n) is 2.53. The van der Waals surface area contributed by atoms with Crippen molar-refractivity contribution in [2.75, 3.05) is 26.4 Å². The normalized spacial score (nSPS) is 11.0. The molecule has 2 aromatic carbocycles. The van der Waals surface area contributed by atoms with Crippen molar-refractivity contribution < 1.29 is 43.7 Å². The number of carbonyl (C=O) groups is 4. The van der Waals surface area contributed by atoms with Crippen molar-refractivity contribution in [3.63, 3.8) is 0 Å². The summed E-state index contributed by atoms with van der Waals surface area (Å²) in [6.07, 6.45) is 0. The van der Waals surface area contributed by atoms with E-state index >= 15 is 0 Å². The van der Waals surface area contributed by atoms with Gasteiger partial charge in [-0.1, -0.05) is 16.9 Å². The Labute approximate surface area is 199 Å². The van der Waals surface area contributed by atoms with Gasteiger partial charge in [-0.2, -0.15) is 0 Å². The third-order valence-electron chi connectivity index (χ3n) is 4.07. The zero-order chi connectivity index (χ0) is 25.1. The van der Waals surface area contributed by atoms with Crippen LogP contribution in [0.2, 0.25) is 0 Å². The second kappa shape index (κ2) is 13.2. The van der Waals surface area contributed by atoms with Gasteiger partial charge in [-0.25, -0.2) is 14.4 Å². The summed E-state index contributed by atoms with van der Waals surface area (Å²) in [6, 6.07) is 10.8. The largest absolute Gasteiger partial charge is 0.460 e. The molecule has 0 saturated carbocycles. The number of benzene rings is 2. The first-order valence-corrected chi connectivity index (χ1v) is 10.8. The molecule has 34 heavy (non-hydrogen) atoms. The minimum atomic E-state index is -0.738. The molecule has 0 spiro atoms. The Bertz CT molecular complexity index is 1080. The van der Waals surface area contributed by atoms with E-state index in [0.29, 0.717) is 15.4 Å². The number of nitrogens with zero attached hydrogens (tertiary/aromatic N) is 1. The van der Waals surface area contributed by atoms with E-state index < -0.39 is 23.7 Å². The van der Waals surface area contributed by atoms with Gasteiger partial charge >= 0.3 is 17.9 Å². The number of esters is 2. The maximum atomic E-state index is 12.5. The van der Waals surface area contributed by atoms with Gasteiger partial charge < -0.3 is 24.5 Å². The highest BCUT2D eigenvalue weighted by molar-refractivity contribution is 7.99. The average molecular weight is 490 g/mol. The van der Waals surface area contributed by atoms with Crippen molar-refractivity contribution in [1.29, 1.82) is 0 Å². The third kappa shape index (κ3) is 7.80. The summed E-state index contributed by atoms with van der Waals surface area (Å²) in [6.45, 7) is 1.50. The van der Waals surface area contributed by atoms with Crippen LogP contribution in [0, 0.1) is 0 Å². The number of rotatable bonds is 11. The quantitative estimate of drug-likeness (QED) is 0.158. The van der Waals surface area contributed by atoms with Gasteiger partial charge in [0.1, 0.15) is 18.9 Å². The molecule has 0 aliphatic heterocycles. The molecule has 0 heterocycles. The van der Waals surface area contributed by atoms with Crippen molar-refractivity contribution >= 4 is 41.2 Å². The van der Waals surface area contributed by atoms with Gasteiger partial charge in [0.05, 0.1) is 24.3 Å². The maximum Gasteiger partial charge on any atom is 0.339 e. The zero-order valence-electron chi connectivity index (χ0n) is 18.5. The van der Waals surface area contributed by atoms with Gasteiger partial charge in [-0.05, 0) is 49.4 Å². The molecule has 0 fully saturated rings. The smallest absolute Gasteiger partial charge is 0.339 e. The van der Waals surface area contributed by atoms with Gasteiger partial charge in [-0.15, -0.1) is 0 Å². The molecule has 0 aliphatic rings. The molecule has 10 nitrogen and oxygen atoms in total. The summed E-state index contributed by atoms with van der Waals surface area (Å²) < 4.78 is 9.88. The molecule has 0 saturated heterocycles. The van der Waals surface area contributed by atoms with E-state index in [2.05, 4.69) is 9.99 Å². The second-order valence-electron chi connectivity index (χ2n) is 6.65. The molecule has 0 atom stereocenters. The van der Waals surface area contributed by atoms with E-state index in [1.54, 1.807) is 30.3 Å². The number of aliphatic hydroxyl groups is 2. The van der Waals surface area contributed by atoms with Crippen molar-refractivity contribution in [1.82, 2.24) is 0 Å². The molecule has 11 heteroatoms. The van der Waals surface area contributed by atoms with Crippen molar-refractivity contribution in [2.45, 2.75) is 23.6 Å². The minimum absolute atomic E-state index is 0.00758. The molecule has 2 N–H and O–H groups in total. The molecule has 0 aromatic heterocycles. The Balaban J connectivity index is 2.26. The monoisotopic (exact) mass is 489 g/mol. The van der Waals surface area contributed by atoms with Crippen molar-refractivity contribution in [3.05, 3.63) is 59.2 Å². The number of hydrogen-bond donors (Lipinski definition) is 2. The Kier molecular flexibility index (Phi) is 10.4. The van der Waals surface area contributed by atoms with Crippen LogP contribution in [0.25, 0.3) is 0 Å². The lowest BCUT2D eigenvalue weighted by molar-refractivity contribution is -0.140. The molecule has 2 rings (SSSR count). The van der Waals surface area contributed by atoms with Crippen molar-refractivity contribution in [3.8, 4) is 0 Å². The highest BCUT2D eigenvalue weighted by Gasteiger charge is 2.19. The summed E-state index contributed by atoms with van der Waals surface area (Å²) in [5, 5.41) is 21.2. The van der Waals surface area contributed by atoms with Crippen LogP contribution in [0.5, 0.6) is 0 Å². The van der Waals surface area contributed by atoms with Gasteiger partial charge in [0, 0.05) is 22.3 Å². The van der Waals surface area contributed by atoms with Crippen LogP contribution < -0.4 is 0 Å². The lowest BCUT2D eigenvalue weighted by Gasteiger charge is -2.11. The third-order valence-corrected chi connectivity index (χ3v) is 5.15. The van der Waals surface area contributed by atoms with Crippen LogP contribution in [0.3, 0.4) is 0 Å². The Morgan fingerprint density at radius 1 is 0.853 bits per heavy atom. The maximum absolute atomic E-state index is 12.5. The van der Waals surface area contributed by atoms with Crippen molar-refractivity contribution in [2.24, 2.45) is 5.16 Å². The summed E-state index contributed by atoms with van der Waals surface area (Å²) in [5.74, 6) is -2.51. The zero-order valence-corrected chi connectivity index (χ0v) is 19.3. The number of carbonyl (C=O) groups excluding carboxylic acids is 4. The fourth-order valence-corrected chi connectivity index (χ4v) is 3.44. The average Bonchev–Trinajstić information content (AvgIpc) is 2.84. The standard InChI is InChI=1S/C23H23NO9S/c1-14(24-33-15(2)27)21(28)16-3-6-18(7-4-16)34-20-8-5-17(22(29)31-11-9-25)13-19(20)23(30)32-12-10-26/h3-8,13,25-26H,9-12H2,1-2H3/b24-14+. The molecule has 0 bridgehead atoms. The number of hydrogen-bond acceptors (Lipinski definition) is 11.